The van der Waals surface area contributed by atoms with Crippen molar-refractivity contribution in [2.45, 2.75) is 39.0 Å². The zero-order chi connectivity index (χ0) is 18.2. The van der Waals surface area contributed by atoms with Gasteiger partial charge in [0.25, 0.3) is 0 Å². The van der Waals surface area contributed by atoms with E-state index in [-0.39, 0.29) is 0 Å². The molecule has 2 aromatic carbocycles. The van der Waals surface area contributed by atoms with E-state index < -0.39 is 10.0 Å². The van der Waals surface area contributed by atoms with Crippen LogP contribution in [-0.4, -0.2) is 19.9 Å². The van der Waals surface area contributed by atoms with E-state index in [4.69, 9.17) is 0 Å². The molecule has 132 valence electrons. The summed E-state index contributed by atoms with van der Waals surface area (Å²) in [6, 6.07) is 9.98. The first-order valence-electron chi connectivity index (χ1n) is 8.21. The van der Waals surface area contributed by atoms with E-state index in [1.165, 1.54) is 0 Å². The Morgan fingerprint density at radius 3 is 2.32 bits per heavy atom. The summed E-state index contributed by atoms with van der Waals surface area (Å²) < 4.78 is 29.5. The third-order valence-corrected chi connectivity index (χ3v) is 7.37. The summed E-state index contributed by atoms with van der Waals surface area (Å²) in [4.78, 5) is 4.96. The van der Waals surface area contributed by atoms with Crippen molar-refractivity contribution in [2.75, 3.05) is 6.54 Å². The third kappa shape index (κ3) is 3.61. The van der Waals surface area contributed by atoms with Crippen LogP contribution in [0.4, 0.5) is 0 Å². The van der Waals surface area contributed by atoms with E-state index in [2.05, 4.69) is 9.71 Å². The van der Waals surface area contributed by atoms with Gasteiger partial charge in [0, 0.05) is 13.0 Å². The van der Waals surface area contributed by atoms with Crippen LogP contribution in [0, 0.1) is 27.7 Å². The topological polar surface area (TPSA) is 59.1 Å². The van der Waals surface area contributed by atoms with Crippen molar-refractivity contribution >= 4 is 31.6 Å². The summed E-state index contributed by atoms with van der Waals surface area (Å²) in [7, 11) is -3.54. The van der Waals surface area contributed by atoms with E-state index >= 15 is 0 Å². The molecule has 0 radical (unpaired) electrons. The second-order valence-electron chi connectivity index (χ2n) is 6.31. The largest absolute Gasteiger partial charge is 0.241 e. The van der Waals surface area contributed by atoms with Gasteiger partial charge in [0.05, 0.1) is 20.1 Å². The van der Waals surface area contributed by atoms with Crippen molar-refractivity contribution in [1.29, 1.82) is 0 Å². The van der Waals surface area contributed by atoms with Crippen molar-refractivity contribution in [1.82, 2.24) is 9.71 Å². The average Bonchev–Trinajstić information content (AvgIpc) is 2.95. The highest BCUT2D eigenvalue weighted by molar-refractivity contribution is 7.89. The molecule has 3 rings (SSSR count). The Morgan fingerprint density at radius 2 is 1.68 bits per heavy atom. The number of benzene rings is 2. The number of para-hydroxylation sites is 1. The number of sulfonamides is 1. The first-order chi connectivity index (χ1) is 11.8. The fourth-order valence-electron chi connectivity index (χ4n) is 2.98. The molecule has 0 aliphatic heterocycles. The zero-order valence-electron chi connectivity index (χ0n) is 14.9. The maximum absolute atomic E-state index is 12.8. The number of hydrogen-bond acceptors (Lipinski definition) is 4. The van der Waals surface area contributed by atoms with Gasteiger partial charge in [-0.1, -0.05) is 18.2 Å². The molecule has 6 heteroatoms. The first kappa shape index (κ1) is 18.0. The van der Waals surface area contributed by atoms with Crippen molar-refractivity contribution in [3.05, 3.63) is 57.6 Å². The van der Waals surface area contributed by atoms with E-state index in [1.807, 2.05) is 58.0 Å². The second-order valence-corrected chi connectivity index (χ2v) is 9.13. The molecule has 0 atom stereocenters. The highest BCUT2D eigenvalue weighted by Gasteiger charge is 2.21. The Morgan fingerprint density at radius 1 is 1.04 bits per heavy atom. The van der Waals surface area contributed by atoms with Gasteiger partial charge in [-0.05, 0) is 62.1 Å². The van der Waals surface area contributed by atoms with Crippen molar-refractivity contribution in [3.8, 4) is 0 Å². The van der Waals surface area contributed by atoms with Gasteiger partial charge in [-0.25, -0.2) is 18.1 Å². The van der Waals surface area contributed by atoms with Gasteiger partial charge >= 0.3 is 0 Å². The number of fused-ring (bicyclic) bond motifs is 1. The number of nitrogens with zero attached hydrogens (tertiary/aromatic N) is 1. The number of thiazole rings is 1. The molecule has 0 saturated heterocycles. The molecule has 1 N–H and O–H groups in total. The quantitative estimate of drug-likeness (QED) is 0.733. The van der Waals surface area contributed by atoms with Crippen LogP contribution in [0.1, 0.15) is 27.3 Å². The predicted octanol–water partition coefficient (Wildman–Crippen LogP) is 4.05. The Labute approximate surface area is 153 Å². The molecule has 25 heavy (non-hydrogen) atoms. The zero-order valence-corrected chi connectivity index (χ0v) is 16.5. The van der Waals surface area contributed by atoms with Gasteiger partial charge in [0.1, 0.15) is 0 Å². The van der Waals surface area contributed by atoms with E-state index in [9.17, 15) is 8.42 Å². The predicted molar refractivity (Wildman–Crippen MR) is 104 cm³/mol. The molecule has 0 unspecified atom stereocenters. The summed E-state index contributed by atoms with van der Waals surface area (Å²) >= 11 is 1.61. The van der Waals surface area contributed by atoms with Crippen LogP contribution < -0.4 is 4.72 Å². The molecule has 0 fully saturated rings. The standard InChI is InChI=1S/C19H22N2O2S2/c1-12-11-13(2)15(4)19(14(12)3)25(22,23)20-10-9-18-21-16-7-5-6-8-17(16)24-18/h5-8,11,20H,9-10H2,1-4H3. The highest BCUT2D eigenvalue weighted by Crippen LogP contribution is 2.26. The van der Waals surface area contributed by atoms with Crippen LogP contribution >= 0.6 is 11.3 Å². The fourth-order valence-corrected chi connectivity index (χ4v) is 5.59. The van der Waals surface area contributed by atoms with E-state index in [0.29, 0.717) is 17.9 Å². The number of nitrogens with one attached hydrogen (secondary N) is 1. The molecule has 0 saturated carbocycles. The monoisotopic (exact) mass is 374 g/mol. The normalized spacial score (nSPS) is 12.0. The summed E-state index contributed by atoms with van der Waals surface area (Å²) in [5, 5.41) is 0.942. The molecular weight excluding hydrogens is 352 g/mol. The summed E-state index contributed by atoms with van der Waals surface area (Å²) in [6.07, 6.45) is 0.585. The Kier molecular flexibility index (Phi) is 4.95. The Balaban J connectivity index is 1.78. The van der Waals surface area contributed by atoms with Crippen molar-refractivity contribution < 1.29 is 8.42 Å². The van der Waals surface area contributed by atoms with Gasteiger partial charge in [-0.3, -0.25) is 0 Å². The van der Waals surface area contributed by atoms with E-state index in [0.717, 1.165) is 37.5 Å². The van der Waals surface area contributed by atoms with E-state index in [1.54, 1.807) is 11.3 Å². The van der Waals surface area contributed by atoms with Crippen LogP contribution in [0.5, 0.6) is 0 Å². The Hall–Kier alpha value is -1.76. The summed E-state index contributed by atoms with van der Waals surface area (Å²) in [6.45, 7) is 7.96. The lowest BCUT2D eigenvalue weighted by Gasteiger charge is -2.16. The minimum Gasteiger partial charge on any atom is -0.241 e. The summed E-state index contributed by atoms with van der Waals surface area (Å²) in [5.74, 6) is 0. The van der Waals surface area contributed by atoms with Gasteiger partial charge in [0.2, 0.25) is 10.0 Å². The molecular formula is C19H22N2O2S2. The number of hydrogen-bond donors (Lipinski definition) is 1. The van der Waals surface area contributed by atoms with Crippen molar-refractivity contribution in [3.63, 3.8) is 0 Å². The molecule has 0 bridgehead atoms. The molecule has 0 amide bonds. The Bertz CT molecular complexity index is 978. The maximum atomic E-state index is 12.8. The lowest BCUT2D eigenvalue weighted by Crippen LogP contribution is -2.27. The number of aromatic nitrogens is 1. The van der Waals surface area contributed by atoms with Gasteiger partial charge in [0.15, 0.2) is 0 Å². The molecule has 0 spiro atoms. The summed E-state index contributed by atoms with van der Waals surface area (Å²) in [5.41, 5.74) is 4.59. The van der Waals surface area contributed by atoms with Crippen LogP contribution in [0.15, 0.2) is 35.2 Å². The number of rotatable bonds is 5. The third-order valence-electron chi connectivity index (χ3n) is 4.54. The van der Waals surface area contributed by atoms with Crippen molar-refractivity contribution in [2.24, 2.45) is 0 Å². The lowest BCUT2D eigenvalue weighted by molar-refractivity contribution is 0.580. The maximum Gasteiger partial charge on any atom is 0.241 e. The second kappa shape index (κ2) is 6.86. The van der Waals surface area contributed by atoms with Gasteiger partial charge in [-0.15, -0.1) is 11.3 Å². The highest BCUT2D eigenvalue weighted by atomic mass is 32.2. The fraction of sp³-hybridized carbons (Fsp3) is 0.316. The van der Waals surface area contributed by atoms with Crippen LogP contribution in [-0.2, 0) is 16.4 Å². The SMILES string of the molecule is Cc1cc(C)c(C)c(S(=O)(=O)NCCc2nc3ccccc3s2)c1C. The van der Waals surface area contributed by atoms with Crippen LogP contribution in [0.25, 0.3) is 10.2 Å². The van der Waals surface area contributed by atoms with Gasteiger partial charge < -0.3 is 0 Å². The average molecular weight is 375 g/mol. The minimum atomic E-state index is -3.54. The molecule has 0 aliphatic carbocycles. The molecule has 1 aromatic heterocycles. The lowest BCUT2D eigenvalue weighted by atomic mass is 10.0. The van der Waals surface area contributed by atoms with Crippen LogP contribution in [0.3, 0.4) is 0 Å². The number of aryl methyl sites for hydroxylation is 2. The van der Waals surface area contributed by atoms with Gasteiger partial charge in [-0.2, -0.15) is 0 Å². The molecule has 1 heterocycles. The minimum absolute atomic E-state index is 0.341. The molecule has 4 nitrogen and oxygen atoms in total. The molecule has 3 aromatic rings. The molecule has 0 aliphatic rings. The smallest absolute Gasteiger partial charge is 0.241 e. The van der Waals surface area contributed by atoms with Crippen LogP contribution in [0.2, 0.25) is 0 Å². The first-order valence-corrected chi connectivity index (χ1v) is 10.5.